The molecule has 0 nitrogen and oxygen atoms in total. The molecule has 1 unspecified atom stereocenters. The predicted octanol–water partition coefficient (Wildman–Crippen LogP) is 6.08. The Morgan fingerprint density at radius 2 is 1.00 bits per heavy atom. The third-order valence-electron chi connectivity index (χ3n) is 4.10. The van der Waals surface area contributed by atoms with Crippen molar-refractivity contribution in [2.24, 2.45) is 5.41 Å². The lowest BCUT2D eigenvalue weighted by Gasteiger charge is -2.28. The molecule has 0 spiro atoms. The van der Waals surface area contributed by atoms with Gasteiger partial charge in [-0.25, -0.2) is 0 Å². The molecule has 0 aromatic carbocycles. The summed E-state index contributed by atoms with van der Waals surface area (Å²) < 4.78 is 0.413. The van der Waals surface area contributed by atoms with Gasteiger partial charge in [-0.15, -0.1) is 0 Å². The second-order valence-corrected chi connectivity index (χ2v) is 8.61. The monoisotopic (exact) mass is 288 g/mol. The van der Waals surface area contributed by atoms with Crippen molar-refractivity contribution in [2.75, 3.05) is 0 Å². The van der Waals surface area contributed by atoms with Gasteiger partial charge in [0.2, 0.25) is 0 Å². The quantitative estimate of drug-likeness (QED) is 0.474. The third kappa shape index (κ3) is 6.27. The number of halogens is 1. The van der Waals surface area contributed by atoms with Crippen LogP contribution < -0.4 is 0 Å². The summed E-state index contributed by atoms with van der Waals surface area (Å²) in [5.74, 6) is 0. The van der Waals surface area contributed by atoms with E-state index in [1.54, 1.807) is 0 Å². The number of hydrogen-bond acceptors (Lipinski definition) is 0. The normalized spacial score (nSPS) is 33.8. The zero-order valence-electron chi connectivity index (χ0n) is 11.4. The molecular weight excluding hydrogens is 260 g/mol. The third-order valence-corrected chi connectivity index (χ3v) is 4.90. The Morgan fingerprint density at radius 1 is 0.625 bits per heavy atom. The van der Waals surface area contributed by atoms with Gasteiger partial charge in [0.1, 0.15) is 0 Å². The van der Waals surface area contributed by atoms with Crippen molar-refractivity contribution in [3.63, 3.8) is 0 Å². The summed E-state index contributed by atoms with van der Waals surface area (Å²) in [6.07, 6.45) is 14.1. The molecule has 1 fully saturated rings. The Balaban J connectivity index is 2.41. The Morgan fingerprint density at radius 3 is 1.56 bits per heavy atom. The largest absolute Gasteiger partial charge is 0.0856 e. The van der Waals surface area contributed by atoms with Crippen LogP contribution >= 0.6 is 15.9 Å². The standard InChI is InChI=1S/C15H29Br/c1-14(2)10-6-4-5-7-12-15(3,16)13-9-8-11-14/h4-13H2,1-3H3. The van der Waals surface area contributed by atoms with Crippen molar-refractivity contribution in [3.05, 3.63) is 0 Å². The van der Waals surface area contributed by atoms with Gasteiger partial charge in [-0.1, -0.05) is 68.3 Å². The van der Waals surface area contributed by atoms with Crippen LogP contribution in [0.15, 0.2) is 0 Å². The molecule has 1 aliphatic rings. The highest BCUT2D eigenvalue weighted by atomic mass is 79.9. The maximum absolute atomic E-state index is 3.91. The van der Waals surface area contributed by atoms with Crippen molar-refractivity contribution in [2.45, 2.75) is 89.3 Å². The van der Waals surface area contributed by atoms with Gasteiger partial charge < -0.3 is 0 Å². The van der Waals surface area contributed by atoms with E-state index in [1.165, 1.54) is 64.2 Å². The summed E-state index contributed by atoms with van der Waals surface area (Å²) in [6, 6.07) is 0. The van der Waals surface area contributed by atoms with E-state index in [2.05, 4.69) is 36.7 Å². The van der Waals surface area contributed by atoms with E-state index in [0.29, 0.717) is 9.74 Å². The lowest BCUT2D eigenvalue weighted by atomic mass is 9.80. The average molecular weight is 289 g/mol. The van der Waals surface area contributed by atoms with Crippen LogP contribution in [0.5, 0.6) is 0 Å². The minimum Gasteiger partial charge on any atom is -0.0856 e. The minimum absolute atomic E-state index is 0.413. The van der Waals surface area contributed by atoms with Crippen molar-refractivity contribution in [3.8, 4) is 0 Å². The Bertz CT molecular complexity index is 172. The smallest absolute Gasteiger partial charge is 0.0229 e. The number of hydrogen-bond donors (Lipinski definition) is 0. The van der Waals surface area contributed by atoms with E-state index in [1.807, 2.05) is 0 Å². The highest BCUT2D eigenvalue weighted by Crippen LogP contribution is 2.35. The SMILES string of the molecule is CC1(C)CCCCCCC(C)(Br)CCCC1. The first-order chi connectivity index (χ1) is 7.41. The molecule has 0 aliphatic heterocycles. The summed E-state index contributed by atoms with van der Waals surface area (Å²) >= 11 is 3.91. The first-order valence-electron chi connectivity index (χ1n) is 7.10. The molecule has 96 valence electrons. The molecule has 1 aliphatic carbocycles. The molecule has 0 aromatic rings. The van der Waals surface area contributed by atoms with E-state index in [4.69, 9.17) is 0 Å². The fourth-order valence-electron chi connectivity index (χ4n) is 2.80. The van der Waals surface area contributed by atoms with Crippen LogP contribution in [0.1, 0.15) is 85.0 Å². The molecule has 1 heteroatoms. The zero-order valence-corrected chi connectivity index (χ0v) is 13.0. The van der Waals surface area contributed by atoms with Gasteiger partial charge in [-0.2, -0.15) is 0 Å². The van der Waals surface area contributed by atoms with Gasteiger partial charge in [-0.3, -0.25) is 0 Å². The topological polar surface area (TPSA) is 0 Å². The molecule has 0 radical (unpaired) electrons. The molecular formula is C15H29Br. The maximum Gasteiger partial charge on any atom is 0.0229 e. The van der Waals surface area contributed by atoms with Crippen LogP contribution in [0.25, 0.3) is 0 Å². The molecule has 0 amide bonds. The highest BCUT2D eigenvalue weighted by Gasteiger charge is 2.22. The molecule has 0 N–H and O–H groups in total. The fourth-order valence-corrected chi connectivity index (χ4v) is 3.36. The van der Waals surface area contributed by atoms with Gasteiger partial charge in [0.25, 0.3) is 0 Å². The molecule has 0 bridgehead atoms. The van der Waals surface area contributed by atoms with Gasteiger partial charge in [0, 0.05) is 4.32 Å². The maximum atomic E-state index is 3.91. The highest BCUT2D eigenvalue weighted by molar-refractivity contribution is 9.10. The van der Waals surface area contributed by atoms with E-state index < -0.39 is 0 Å². The van der Waals surface area contributed by atoms with Crippen molar-refractivity contribution in [1.29, 1.82) is 0 Å². The molecule has 16 heavy (non-hydrogen) atoms. The molecule has 1 rings (SSSR count). The van der Waals surface area contributed by atoms with E-state index in [0.717, 1.165) is 0 Å². The average Bonchev–Trinajstić information content (AvgIpc) is 2.17. The van der Waals surface area contributed by atoms with Crippen LogP contribution in [-0.4, -0.2) is 4.32 Å². The summed E-state index contributed by atoms with van der Waals surface area (Å²) in [6.45, 7) is 7.28. The molecule has 0 saturated heterocycles. The minimum atomic E-state index is 0.413. The van der Waals surface area contributed by atoms with Crippen LogP contribution in [0.4, 0.5) is 0 Å². The van der Waals surface area contributed by atoms with E-state index in [9.17, 15) is 0 Å². The Kier molecular flexibility index (Phi) is 5.84. The zero-order chi connectivity index (χ0) is 12.1. The molecule has 1 saturated carbocycles. The lowest BCUT2D eigenvalue weighted by molar-refractivity contribution is 0.276. The summed E-state index contributed by atoms with van der Waals surface area (Å²) in [7, 11) is 0. The summed E-state index contributed by atoms with van der Waals surface area (Å²) in [5.41, 5.74) is 0.585. The summed E-state index contributed by atoms with van der Waals surface area (Å²) in [4.78, 5) is 0. The fraction of sp³-hybridized carbons (Fsp3) is 1.00. The number of alkyl halides is 1. The lowest BCUT2D eigenvalue weighted by Crippen LogP contribution is -2.17. The second kappa shape index (κ2) is 6.42. The van der Waals surface area contributed by atoms with Gasteiger partial charge >= 0.3 is 0 Å². The summed E-state index contributed by atoms with van der Waals surface area (Å²) in [5, 5.41) is 0. The van der Waals surface area contributed by atoms with Gasteiger partial charge in [0.05, 0.1) is 0 Å². The van der Waals surface area contributed by atoms with Crippen LogP contribution in [0.2, 0.25) is 0 Å². The predicted molar refractivity (Wildman–Crippen MR) is 77.3 cm³/mol. The first kappa shape index (κ1) is 14.5. The molecule has 1 atom stereocenters. The van der Waals surface area contributed by atoms with Gasteiger partial charge in [-0.05, 0) is 38.0 Å². The van der Waals surface area contributed by atoms with Crippen molar-refractivity contribution in [1.82, 2.24) is 0 Å². The Labute approximate surface area is 111 Å². The van der Waals surface area contributed by atoms with Crippen LogP contribution in [0.3, 0.4) is 0 Å². The first-order valence-corrected chi connectivity index (χ1v) is 7.90. The van der Waals surface area contributed by atoms with Crippen LogP contribution in [0, 0.1) is 5.41 Å². The van der Waals surface area contributed by atoms with Gasteiger partial charge in [0.15, 0.2) is 0 Å². The Hall–Kier alpha value is 0.480. The van der Waals surface area contributed by atoms with Crippen molar-refractivity contribution >= 4 is 15.9 Å². The van der Waals surface area contributed by atoms with Crippen molar-refractivity contribution < 1.29 is 0 Å². The van der Waals surface area contributed by atoms with E-state index >= 15 is 0 Å². The van der Waals surface area contributed by atoms with Crippen LogP contribution in [-0.2, 0) is 0 Å². The molecule has 0 heterocycles. The number of rotatable bonds is 0. The second-order valence-electron chi connectivity index (χ2n) is 6.70. The molecule has 0 aromatic heterocycles. The van der Waals surface area contributed by atoms with E-state index in [-0.39, 0.29) is 0 Å².